The van der Waals surface area contributed by atoms with E-state index < -0.39 is 0 Å². The third-order valence-electron chi connectivity index (χ3n) is 2.56. The number of rotatable bonds is 4. The normalized spacial score (nSPS) is 9.78. The van der Waals surface area contributed by atoms with E-state index in [9.17, 15) is 4.79 Å². The molecule has 0 aliphatic rings. The van der Waals surface area contributed by atoms with E-state index in [-0.39, 0.29) is 6.54 Å². The smallest absolute Gasteiger partial charge is 0.153 e. The van der Waals surface area contributed by atoms with E-state index in [2.05, 4.69) is 5.10 Å². The second kappa shape index (κ2) is 5.15. The highest BCUT2D eigenvalue weighted by Crippen LogP contribution is 2.26. The number of carbonyl (C=O) groups excluding carboxylic acids is 1. The molecule has 5 nitrogen and oxygen atoms in total. The van der Waals surface area contributed by atoms with Gasteiger partial charge in [-0.1, -0.05) is 6.07 Å². The number of aldehydes is 1. The Morgan fingerprint density at radius 2 is 2.33 bits per heavy atom. The van der Waals surface area contributed by atoms with Gasteiger partial charge in [-0.2, -0.15) is 10.4 Å². The number of carbonyl (C=O) groups is 1. The van der Waals surface area contributed by atoms with Gasteiger partial charge < -0.3 is 4.74 Å². The summed E-state index contributed by atoms with van der Waals surface area (Å²) in [5.74, 6) is 0.524. The zero-order chi connectivity index (χ0) is 13.0. The SMILES string of the molecule is COc1cc(-c2cnn(CC#N)c2)ccc1C=O. The van der Waals surface area contributed by atoms with E-state index in [1.165, 1.54) is 7.11 Å². The second-order valence-corrected chi connectivity index (χ2v) is 3.66. The molecule has 1 aromatic carbocycles. The summed E-state index contributed by atoms with van der Waals surface area (Å²) in [4.78, 5) is 10.8. The molecule has 2 aromatic rings. The van der Waals surface area contributed by atoms with Gasteiger partial charge in [0.1, 0.15) is 12.3 Å². The Labute approximate surface area is 104 Å². The topological polar surface area (TPSA) is 67.9 Å². The van der Waals surface area contributed by atoms with Crippen LogP contribution in [0, 0.1) is 11.3 Å². The standard InChI is InChI=1S/C13H11N3O2/c1-18-13-6-10(2-3-11(13)9-17)12-7-15-16(8-12)5-4-14/h2-3,6-9H,5H2,1H3. The van der Waals surface area contributed by atoms with Crippen molar-refractivity contribution in [3.8, 4) is 22.9 Å². The molecule has 0 saturated heterocycles. The molecule has 0 radical (unpaired) electrons. The van der Waals surface area contributed by atoms with E-state index in [4.69, 9.17) is 10.00 Å². The number of methoxy groups -OCH3 is 1. The molecule has 1 heterocycles. The van der Waals surface area contributed by atoms with E-state index in [1.807, 2.05) is 12.1 Å². The number of nitrogens with zero attached hydrogens (tertiary/aromatic N) is 3. The van der Waals surface area contributed by atoms with Gasteiger partial charge in [0.25, 0.3) is 0 Å². The highest BCUT2D eigenvalue weighted by Gasteiger charge is 2.06. The number of ether oxygens (including phenoxy) is 1. The molecular formula is C13H11N3O2. The van der Waals surface area contributed by atoms with Crippen LogP contribution in [0.25, 0.3) is 11.1 Å². The van der Waals surface area contributed by atoms with Gasteiger partial charge in [0.15, 0.2) is 6.29 Å². The van der Waals surface area contributed by atoms with Crippen molar-refractivity contribution >= 4 is 6.29 Å². The minimum atomic E-state index is 0.212. The number of hydrogen-bond donors (Lipinski definition) is 0. The van der Waals surface area contributed by atoms with Crippen molar-refractivity contribution in [3.05, 3.63) is 36.2 Å². The maximum absolute atomic E-state index is 10.8. The van der Waals surface area contributed by atoms with Crippen LogP contribution in [-0.2, 0) is 6.54 Å². The van der Waals surface area contributed by atoms with Gasteiger partial charge in [0.2, 0.25) is 0 Å². The molecule has 0 spiro atoms. The zero-order valence-corrected chi connectivity index (χ0v) is 9.83. The van der Waals surface area contributed by atoms with Crippen LogP contribution >= 0.6 is 0 Å². The molecule has 0 atom stereocenters. The molecule has 5 heteroatoms. The number of aromatic nitrogens is 2. The average Bonchev–Trinajstić information content (AvgIpc) is 2.87. The largest absolute Gasteiger partial charge is 0.496 e. The van der Waals surface area contributed by atoms with Crippen LogP contribution in [-0.4, -0.2) is 23.2 Å². The number of nitriles is 1. The van der Waals surface area contributed by atoms with E-state index in [0.29, 0.717) is 11.3 Å². The predicted octanol–water partition coefficient (Wildman–Crippen LogP) is 1.89. The van der Waals surface area contributed by atoms with Crippen LogP contribution < -0.4 is 4.74 Å². The first kappa shape index (κ1) is 11.9. The Hall–Kier alpha value is -2.61. The molecular weight excluding hydrogens is 230 g/mol. The minimum absolute atomic E-state index is 0.212. The maximum Gasteiger partial charge on any atom is 0.153 e. The molecule has 0 aliphatic carbocycles. The van der Waals surface area contributed by atoms with Gasteiger partial charge >= 0.3 is 0 Å². The molecule has 0 N–H and O–H groups in total. The molecule has 0 bridgehead atoms. The van der Waals surface area contributed by atoms with Gasteiger partial charge in [-0.3, -0.25) is 9.48 Å². The summed E-state index contributed by atoms with van der Waals surface area (Å²) in [6, 6.07) is 7.31. The second-order valence-electron chi connectivity index (χ2n) is 3.66. The van der Waals surface area contributed by atoms with Gasteiger partial charge in [-0.25, -0.2) is 0 Å². The molecule has 0 saturated carbocycles. The molecule has 18 heavy (non-hydrogen) atoms. The Bertz CT molecular complexity index is 611. The summed E-state index contributed by atoms with van der Waals surface area (Å²) in [5.41, 5.74) is 2.27. The summed E-state index contributed by atoms with van der Waals surface area (Å²) in [5, 5.41) is 12.6. The fourth-order valence-corrected chi connectivity index (χ4v) is 1.66. The highest BCUT2D eigenvalue weighted by molar-refractivity contribution is 5.81. The third kappa shape index (κ3) is 2.23. The lowest BCUT2D eigenvalue weighted by Crippen LogP contribution is -1.94. The van der Waals surface area contributed by atoms with E-state index >= 15 is 0 Å². The molecule has 2 rings (SSSR count). The van der Waals surface area contributed by atoms with Crippen molar-refractivity contribution < 1.29 is 9.53 Å². The number of hydrogen-bond acceptors (Lipinski definition) is 4. The fraction of sp³-hybridized carbons (Fsp3) is 0.154. The Morgan fingerprint density at radius 3 is 3.00 bits per heavy atom. The van der Waals surface area contributed by atoms with Crippen LogP contribution in [0.2, 0.25) is 0 Å². The Balaban J connectivity index is 2.38. The first-order valence-corrected chi connectivity index (χ1v) is 5.31. The molecule has 90 valence electrons. The zero-order valence-electron chi connectivity index (χ0n) is 9.83. The van der Waals surface area contributed by atoms with Crippen molar-refractivity contribution in [3.63, 3.8) is 0 Å². The molecule has 0 fully saturated rings. The Morgan fingerprint density at radius 1 is 1.50 bits per heavy atom. The van der Waals surface area contributed by atoms with E-state index in [0.717, 1.165) is 17.4 Å². The maximum atomic E-state index is 10.8. The first-order valence-electron chi connectivity index (χ1n) is 5.31. The van der Waals surface area contributed by atoms with Crippen LogP contribution in [0.1, 0.15) is 10.4 Å². The van der Waals surface area contributed by atoms with E-state index in [1.54, 1.807) is 29.2 Å². The minimum Gasteiger partial charge on any atom is -0.496 e. The molecule has 0 amide bonds. The van der Waals surface area contributed by atoms with Gasteiger partial charge in [0.05, 0.1) is 24.9 Å². The van der Waals surface area contributed by atoms with Crippen molar-refractivity contribution in [2.24, 2.45) is 0 Å². The third-order valence-corrected chi connectivity index (χ3v) is 2.56. The van der Waals surface area contributed by atoms with Gasteiger partial charge in [-0.15, -0.1) is 0 Å². The van der Waals surface area contributed by atoms with Crippen LogP contribution in [0.4, 0.5) is 0 Å². The molecule has 0 unspecified atom stereocenters. The highest BCUT2D eigenvalue weighted by atomic mass is 16.5. The van der Waals surface area contributed by atoms with Crippen LogP contribution in [0.15, 0.2) is 30.6 Å². The number of benzene rings is 1. The van der Waals surface area contributed by atoms with Crippen molar-refractivity contribution in [2.45, 2.75) is 6.54 Å². The van der Waals surface area contributed by atoms with Crippen LogP contribution in [0.3, 0.4) is 0 Å². The molecule has 1 aromatic heterocycles. The molecule has 0 aliphatic heterocycles. The average molecular weight is 241 g/mol. The quantitative estimate of drug-likeness (QED) is 0.766. The summed E-state index contributed by atoms with van der Waals surface area (Å²) in [6.07, 6.45) is 4.20. The summed E-state index contributed by atoms with van der Waals surface area (Å²) in [6.45, 7) is 0.212. The summed E-state index contributed by atoms with van der Waals surface area (Å²) in [7, 11) is 1.52. The predicted molar refractivity (Wildman–Crippen MR) is 65.2 cm³/mol. The lowest BCUT2D eigenvalue weighted by atomic mass is 10.1. The van der Waals surface area contributed by atoms with Crippen molar-refractivity contribution in [2.75, 3.05) is 7.11 Å². The van der Waals surface area contributed by atoms with Gasteiger partial charge in [-0.05, 0) is 17.7 Å². The van der Waals surface area contributed by atoms with Crippen LogP contribution in [0.5, 0.6) is 5.75 Å². The summed E-state index contributed by atoms with van der Waals surface area (Å²) < 4.78 is 6.69. The lowest BCUT2D eigenvalue weighted by Gasteiger charge is -2.05. The Kier molecular flexibility index (Phi) is 3.39. The lowest BCUT2D eigenvalue weighted by molar-refractivity contribution is 0.112. The summed E-state index contributed by atoms with van der Waals surface area (Å²) >= 11 is 0. The first-order chi connectivity index (χ1) is 8.78. The van der Waals surface area contributed by atoms with Crippen molar-refractivity contribution in [1.82, 2.24) is 9.78 Å². The fourth-order valence-electron chi connectivity index (χ4n) is 1.66. The van der Waals surface area contributed by atoms with Gasteiger partial charge in [0, 0.05) is 11.8 Å². The van der Waals surface area contributed by atoms with Crippen molar-refractivity contribution in [1.29, 1.82) is 5.26 Å². The monoisotopic (exact) mass is 241 g/mol.